The van der Waals surface area contributed by atoms with E-state index in [0.717, 1.165) is 32.8 Å². The van der Waals surface area contributed by atoms with Gasteiger partial charge in [-0.25, -0.2) is 0 Å². The summed E-state index contributed by atoms with van der Waals surface area (Å²) in [5.41, 5.74) is 0.626. The third-order valence-electron chi connectivity index (χ3n) is 3.15. The van der Waals surface area contributed by atoms with Crippen molar-refractivity contribution in [1.29, 1.82) is 0 Å². The van der Waals surface area contributed by atoms with E-state index in [9.17, 15) is 4.79 Å². The van der Waals surface area contributed by atoms with Crippen molar-refractivity contribution in [3.63, 3.8) is 0 Å². The first-order valence-corrected chi connectivity index (χ1v) is 6.52. The van der Waals surface area contributed by atoms with E-state index in [0.29, 0.717) is 17.9 Å². The molecule has 1 aliphatic heterocycles. The van der Waals surface area contributed by atoms with Gasteiger partial charge in [-0.1, -0.05) is 6.07 Å². The largest absolute Gasteiger partial charge is 1.00 e. The van der Waals surface area contributed by atoms with Gasteiger partial charge in [-0.3, -0.25) is 9.69 Å². The van der Waals surface area contributed by atoms with Gasteiger partial charge in [0.15, 0.2) is 0 Å². The summed E-state index contributed by atoms with van der Waals surface area (Å²) in [5, 5.41) is 2.92. The van der Waals surface area contributed by atoms with Crippen LogP contribution in [0.15, 0.2) is 24.3 Å². The van der Waals surface area contributed by atoms with Crippen molar-refractivity contribution in [2.45, 2.75) is 0 Å². The highest BCUT2D eigenvalue weighted by Gasteiger charge is 2.11. The molecule has 1 amide bonds. The first-order valence-electron chi connectivity index (χ1n) is 6.52. The number of nitrogens with one attached hydrogen (secondary N) is 1. The Morgan fingerprint density at radius 2 is 2.15 bits per heavy atom. The molecule has 0 atom stereocenters. The molecule has 1 aromatic rings. The van der Waals surface area contributed by atoms with Crippen LogP contribution in [-0.2, 0) is 4.74 Å². The van der Waals surface area contributed by atoms with Crippen molar-refractivity contribution in [2.75, 3.05) is 46.5 Å². The molecule has 112 valence electrons. The summed E-state index contributed by atoms with van der Waals surface area (Å²) in [4.78, 5) is 14.2. The Hall–Kier alpha value is -1.30. The fraction of sp³-hybridized carbons (Fsp3) is 0.500. The van der Waals surface area contributed by atoms with Crippen LogP contribution < -0.4 is 22.5 Å². The predicted octanol–water partition coefficient (Wildman–Crippen LogP) is -2.24. The Morgan fingerprint density at radius 1 is 1.40 bits per heavy atom. The molecule has 0 spiro atoms. The molecule has 0 unspecified atom stereocenters. The maximum atomic E-state index is 11.9. The zero-order valence-electron chi connectivity index (χ0n) is 11.6. The lowest BCUT2D eigenvalue weighted by molar-refractivity contribution is -0.0000149. The fourth-order valence-electron chi connectivity index (χ4n) is 2.02. The van der Waals surface area contributed by atoms with Gasteiger partial charge in [-0.05, 0) is 18.2 Å². The van der Waals surface area contributed by atoms with Crippen LogP contribution in [-0.4, -0.2) is 57.3 Å². The lowest BCUT2D eigenvalue weighted by Crippen LogP contribution is -3.00. The smallest absolute Gasteiger partial charge is 0.251 e. The van der Waals surface area contributed by atoms with Gasteiger partial charge in [0, 0.05) is 31.7 Å². The highest BCUT2D eigenvalue weighted by Crippen LogP contribution is 2.12. The minimum atomic E-state index is -0.0628. The summed E-state index contributed by atoms with van der Waals surface area (Å²) in [6, 6.07) is 7.16. The molecule has 0 aliphatic carbocycles. The van der Waals surface area contributed by atoms with Crippen molar-refractivity contribution in [3.05, 3.63) is 29.8 Å². The third-order valence-corrected chi connectivity index (χ3v) is 3.15. The molecule has 20 heavy (non-hydrogen) atoms. The van der Waals surface area contributed by atoms with E-state index in [1.165, 1.54) is 0 Å². The molecule has 2 rings (SSSR count). The van der Waals surface area contributed by atoms with Gasteiger partial charge in [0.2, 0.25) is 0 Å². The standard InChI is InChI=1S/C14H20N2O3.ClH/c1-18-13-4-2-3-12(11-13)14(17)15-5-6-16-7-9-19-10-8-16;/h2-4,11H,5-10H2,1H3,(H,15,17);1H/p-1. The van der Waals surface area contributed by atoms with E-state index < -0.39 is 0 Å². The Labute approximate surface area is 125 Å². The summed E-state index contributed by atoms with van der Waals surface area (Å²) in [7, 11) is 1.59. The molecule has 5 nitrogen and oxygen atoms in total. The van der Waals surface area contributed by atoms with E-state index in [-0.39, 0.29) is 18.3 Å². The Balaban J connectivity index is 0.00000200. The van der Waals surface area contributed by atoms with Crippen molar-refractivity contribution in [2.24, 2.45) is 0 Å². The van der Waals surface area contributed by atoms with Gasteiger partial charge in [0.05, 0.1) is 20.3 Å². The molecule has 1 aliphatic rings. The van der Waals surface area contributed by atoms with E-state index in [2.05, 4.69) is 10.2 Å². The number of morpholine rings is 1. The predicted molar refractivity (Wildman–Crippen MR) is 72.6 cm³/mol. The lowest BCUT2D eigenvalue weighted by Gasteiger charge is -2.26. The van der Waals surface area contributed by atoms with Gasteiger partial charge in [-0.15, -0.1) is 0 Å². The molecule has 0 bridgehead atoms. The maximum Gasteiger partial charge on any atom is 0.251 e. The van der Waals surface area contributed by atoms with Gasteiger partial charge < -0.3 is 27.2 Å². The number of rotatable bonds is 5. The Morgan fingerprint density at radius 3 is 2.85 bits per heavy atom. The van der Waals surface area contributed by atoms with E-state index in [1.54, 1.807) is 19.2 Å². The van der Waals surface area contributed by atoms with Crippen LogP contribution in [0.3, 0.4) is 0 Å². The van der Waals surface area contributed by atoms with Crippen LogP contribution in [0.25, 0.3) is 0 Å². The average molecular weight is 300 g/mol. The van der Waals surface area contributed by atoms with Crippen molar-refractivity contribution >= 4 is 5.91 Å². The normalized spacial score (nSPS) is 15.2. The Kier molecular flexibility index (Phi) is 7.36. The number of carbonyl (C=O) groups excluding carboxylic acids is 1. The molecule has 0 aromatic heterocycles. The van der Waals surface area contributed by atoms with E-state index >= 15 is 0 Å². The number of halogens is 1. The monoisotopic (exact) mass is 299 g/mol. The SMILES string of the molecule is COc1cccc(C(=O)NCCN2CCOCC2)c1.[Cl-]. The van der Waals surface area contributed by atoms with E-state index in [4.69, 9.17) is 9.47 Å². The maximum absolute atomic E-state index is 11.9. The molecular weight excluding hydrogens is 280 g/mol. The van der Waals surface area contributed by atoms with Crippen LogP contribution in [0.2, 0.25) is 0 Å². The number of methoxy groups -OCH3 is 1. The third kappa shape index (κ3) is 5.00. The van der Waals surface area contributed by atoms with Crippen LogP contribution in [0.5, 0.6) is 5.75 Å². The van der Waals surface area contributed by atoms with Crippen molar-refractivity contribution in [3.8, 4) is 5.75 Å². The van der Waals surface area contributed by atoms with Gasteiger partial charge in [-0.2, -0.15) is 0 Å². The number of nitrogens with zero attached hydrogens (tertiary/aromatic N) is 1. The second-order valence-electron chi connectivity index (χ2n) is 4.44. The molecule has 1 heterocycles. The fourth-order valence-corrected chi connectivity index (χ4v) is 2.02. The number of hydrogen-bond acceptors (Lipinski definition) is 4. The van der Waals surface area contributed by atoms with Crippen LogP contribution in [0.1, 0.15) is 10.4 Å². The summed E-state index contributed by atoms with van der Waals surface area (Å²) in [6.07, 6.45) is 0. The van der Waals surface area contributed by atoms with Crippen molar-refractivity contribution in [1.82, 2.24) is 10.2 Å². The first-order chi connectivity index (χ1) is 9.29. The van der Waals surface area contributed by atoms with Gasteiger partial charge >= 0.3 is 0 Å². The summed E-state index contributed by atoms with van der Waals surface area (Å²) in [6.45, 7) is 4.95. The number of benzene rings is 1. The molecule has 1 aromatic carbocycles. The number of hydrogen-bond donors (Lipinski definition) is 1. The molecule has 1 saturated heterocycles. The van der Waals surface area contributed by atoms with Crippen LogP contribution >= 0.6 is 0 Å². The van der Waals surface area contributed by atoms with Crippen LogP contribution in [0, 0.1) is 0 Å². The number of amides is 1. The zero-order valence-corrected chi connectivity index (χ0v) is 12.4. The zero-order chi connectivity index (χ0) is 13.5. The minimum absolute atomic E-state index is 0. The highest BCUT2D eigenvalue weighted by molar-refractivity contribution is 5.94. The average Bonchev–Trinajstić information content (AvgIpc) is 2.48. The Bertz CT molecular complexity index is 423. The van der Waals surface area contributed by atoms with Gasteiger partial charge in [0.25, 0.3) is 5.91 Å². The summed E-state index contributed by atoms with van der Waals surface area (Å²) in [5.74, 6) is 0.632. The topological polar surface area (TPSA) is 50.8 Å². The lowest BCUT2D eigenvalue weighted by atomic mass is 10.2. The molecule has 6 heteroatoms. The molecule has 1 fully saturated rings. The number of ether oxygens (including phenoxy) is 2. The second kappa shape index (κ2) is 8.79. The molecule has 1 N–H and O–H groups in total. The number of carbonyl (C=O) groups is 1. The second-order valence-corrected chi connectivity index (χ2v) is 4.44. The summed E-state index contributed by atoms with van der Waals surface area (Å²) >= 11 is 0. The highest BCUT2D eigenvalue weighted by atomic mass is 35.5. The van der Waals surface area contributed by atoms with Gasteiger partial charge in [0.1, 0.15) is 5.75 Å². The molecule has 0 radical (unpaired) electrons. The van der Waals surface area contributed by atoms with Crippen molar-refractivity contribution < 1.29 is 26.7 Å². The first kappa shape index (κ1) is 16.8. The molecular formula is C14H20ClN2O3-. The minimum Gasteiger partial charge on any atom is -1.00 e. The van der Waals surface area contributed by atoms with Crippen LogP contribution in [0.4, 0.5) is 0 Å². The molecule has 0 saturated carbocycles. The van der Waals surface area contributed by atoms with E-state index in [1.807, 2.05) is 12.1 Å². The summed E-state index contributed by atoms with van der Waals surface area (Å²) < 4.78 is 10.4. The quantitative estimate of drug-likeness (QED) is 0.668.